The van der Waals surface area contributed by atoms with Crippen LogP contribution in [0.5, 0.6) is 0 Å². The van der Waals surface area contributed by atoms with Gasteiger partial charge in [0.2, 0.25) is 0 Å². The third kappa shape index (κ3) is 6.08. The standard InChI is InChI=1S/C59H37N5/c60-38-43-21-7-8-22-44(43)41-32-34-57-50(35-41)48-26-12-16-30-56(48)64(57)58-36-42(59-61-51(39-17-3-1-4-18-39)37-52(62-59)40-19-5-2-6-20-40)31-33-49(58)47-25-11-15-29-55(47)63-53-27-13-9-23-45(53)46-24-10-14-28-54(46)63/h1-37H. The Morgan fingerprint density at radius 1 is 0.328 bits per heavy atom. The van der Waals surface area contributed by atoms with E-state index in [1.54, 1.807) is 0 Å². The van der Waals surface area contributed by atoms with Crippen LogP contribution in [0.1, 0.15) is 5.56 Å². The lowest BCUT2D eigenvalue weighted by molar-refractivity contribution is 1.15. The number of aromatic nitrogens is 4. The summed E-state index contributed by atoms with van der Waals surface area (Å²) in [6, 6.07) is 80.9. The predicted octanol–water partition coefficient (Wildman–Crippen LogP) is 14.9. The van der Waals surface area contributed by atoms with Crippen LogP contribution in [0.25, 0.3) is 111 Å². The Labute approximate surface area is 370 Å². The van der Waals surface area contributed by atoms with Gasteiger partial charge < -0.3 is 9.13 Å². The first-order valence-electron chi connectivity index (χ1n) is 21.5. The molecule has 0 amide bonds. The lowest BCUT2D eigenvalue weighted by Gasteiger charge is -2.20. The van der Waals surface area contributed by atoms with Crippen molar-refractivity contribution in [2.45, 2.75) is 0 Å². The number of para-hydroxylation sites is 4. The van der Waals surface area contributed by atoms with E-state index in [4.69, 9.17) is 9.97 Å². The zero-order valence-corrected chi connectivity index (χ0v) is 34.6. The van der Waals surface area contributed by atoms with Crippen molar-refractivity contribution in [1.82, 2.24) is 19.1 Å². The molecule has 0 saturated heterocycles. The Morgan fingerprint density at radius 2 is 0.797 bits per heavy atom. The Kier molecular flexibility index (Phi) is 8.81. The zero-order valence-electron chi connectivity index (χ0n) is 34.6. The minimum atomic E-state index is 0.639. The zero-order chi connectivity index (χ0) is 42.6. The average molecular weight is 816 g/mol. The fourth-order valence-corrected chi connectivity index (χ4v) is 9.48. The maximum Gasteiger partial charge on any atom is 0.160 e. The highest BCUT2D eigenvalue weighted by atomic mass is 15.0. The van der Waals surface area contributed by atoms with Gasteiger partial charge in [-0.15, -0.1) is 0 Å². The minimum absolute atomic E-state index is 0.639. The molecule has 0 atom stereocenters. The van der Waals surface area contributed by atoms with Crippen LogP contribution in [0.3, 0.4) is 0 Å². The van der Waals surface area contributed by atoms with Gasteiger partial charge in [0.1, 0.15) is 0 Å². The topological polar surface area (TPSA) is 59.4 Å². The summed E-state index contributed by atoms with van der Waals surface area (Å²) in [5.74, 6) is 0.639. The van der Waals surface area contributed by atoms with Crippen LogP contribution in [0.15, 0.2) is 224 Å². The van der Waals surface area contributed by atoms with Gasteiger partial charge in [-0.25, -0.2) is 9.97 Å². The molecular weight excluding hydrogens is 779 g/mol. The van der Waals surface area contributed by atoms with Gasteiger partial charge >= 0.3 is 0 Å². The first-order chi connectivity index (χ1) is 31.7. The molecule has 0 radical (unpaired) electrons. The lowest BCUT2D eigenvalue weighted by atomic mass is 9.98. The van der Waals surface area contributed by atoms with Gasteiger partial charge in [0.05, 0.1) is 56.5 Å². The number of nitriles is 1. The predicted molar refractivity (Wildman–Crippen MR) is 263 cm³/mol. The van der Waals surface area contributed by atoms with Crippen LogP contribution in [-0.2, 0) is 0 Å². The molecule has 0 aliphatic carbocycles. The highest BCUT2D eigenvalue weighted by molar-refractivity contribution is 6.12. The Bertz CT molecular complexity index is 3690. The molecule has 3 heterocycles. The van der Waals surface area contributed by atoms with Crippen LogP contribution in [0.2, 0.25) is 0 Å². The average Bonchev–Trinajstić information content (AvgIpc) is 3.89. The van der Waals surface area contributed by atoms with E-state index in [9.17, 15) is 5.26 Å². The maximum absolute atomic E-state index is 10.1. The van der Waals surface area contributed by atoms with Gasteiger partial charge in [0.15, 0.2) is 5.82 Å². The van der Waals surface area contributed by atoms with E-state index in [0.29, 0.717) is 11.4 Å². The summed E-state index contributed by atoms with van der Waals surface area (Å²) in [5, 5.41) is 14.7. The molecule has 0 aliphatic rings. The van der Waals surface area contributed by atoms with E-state index in [0.717, 1.165) is 94.5 Å². The van der Waals surface area contributed by atoms with Gasteiger partial charge in [-0.3, -0.25) is 0 Å². The van der Waals surface area contributed by atoms with Crippen molar-refractivity contribution in [2.75, 3.05) is 0 Å². The van der Waals surface area contributed by atoms with E-state index >= 15 is 0 Å². The molecule has 0 bridgehead atoms. The molecule has 5 nitrogen and oxygen atoms in total. The first kappa shape index (κ1) is 37.0. The first-order valence-corrected chi connectivity index (χ1v) is 21.5. The Morgan fingerprint density at radius 3 is 1.42 bits per heavy atom. The van der Waals surface area contributed by atoms with E-state index < -0.39 is 0 Å². The van der Waals surface area contributed by atoms with Crippen molar-refractivity contribution in [3.63, 3.8) is 0 Å². The second-order valence-electron chi connectivity index (χ2n) is 16.1. The molecule has 0 fully saturated rings. The molecule has 5 heteroatoms. The van der Waals surface area contributed by atoms with E-state index in [-0.39, 0.29) is 0 Å². The second kappa shape index (κ2) is 15.3. The summed E-state index contributed by atoms with van der Waals surface area (Å²) < 4.78 is 4.80. The van der Waals surface area contributed by atoms with Crippen LogP contribution < -0.4 is 0 Å². The molecule has 12 aromatic rings. The number of rotatable bonds is 7. The lowest BCUT2D eigenvalue weighted by Crippen LogP contribution is -2.03. The smallest absolute Gasteiger partial charge is 0.160 e. The minimum Gasteiger partial charge on any atom is -0.309 e. The van der Waals surface area contributed by atoms with Crippen LogP contribution >= 0.6 is 0 Å². The summed E-state index contributed by atoms with van der Waals surface area (Å²) in [7, 11) is 0. The van der Waals surface area contributed by atoms with Crippen molar-refractivity contribution >= 4 is 43.6 Å². The molecule has 0 unspecified atom stereocenters. The molecule has 0 aliphatic heterocycles. The van der Waals surface area contributed by atoms with Crippen molar-refractivity contribution in [1.29, 1.82) is 5.26 Å². The fraction of sp³-hybridized carbons (Fsp3) is 0. The van der Waals surface area contributed by atoms with Crippen molar-refractivity contribution in [3.8, 4) is 73.6 Å². The van der Waals surface area contributed by atoms with E-state index in [1.807, 2.05) is 60.7 Å². The van der Waals surface area contributed by atoms with Gasteiger partial charge in [0.25, 0.3) is 0 Å². The highest BCUT2D eigenvalue weighted by Crippen LogP contribution is 2.43. The number of hydrogen-bond donors (Lipinski definition) is 0. The van der Waals surface area contributed by atoms with Crippen molar-refractivity contribution in [3.05, 3.63) is 230 Å². The second-order valence-corrected chi connectivity index (χ2v) is 16.1. The molecule has 3 aromatic heterocycles. The van der Waals surface area contributed by atoms with Crippen LogP contribution in [0, 0.1) is 11.3 Å². The normalized spacial score (nSPS) is 11.4. The largest absolute Gasteiger partial charge is 0.309 e. The van der Waals surface area contributed by atoms with E-state index in [1.165, 1.54) is 10.8 Å². The Hall–Kier alpha value is -8.85. The summed E-state index contributed by atoms with van der Waals surface area (Å²) >= 11 is 0. The summed E-state index contributed by atoms with van der Waals surface area (Å²) in [6.45, 7) is 0. The summed E-state index contributed by atoms with van der Waals surface area (Å²) in [4.78, 5) is 10.6. The third-order valence-corrected chi connectivity index (χ3v) is 12.4. The number of nitrogens with zero attached hydrogens (tertiary/aromatic N) is 5. The monoisotopic (exact) mass is 815 g/mol. The van der Waals surface area contributed by atoms with Crippen molar-refractivity contribution in [2.24, 2.45) is 0 Å². The van der Waals surface area contributed by atoms with Crippen molar-refractivity contribution < 1.29 is 0 Å². The number of hydrogen-bond acceptors (Lipinski definition) is 3. The SMILES string of the molecule is N#Cc1ccccc1-c1ccc2c(c1)c1ccccc1n2-c1cc(-c2nc(-c3ccccc3)cc(-c3ccccc3)n2)ccc1-c1ccccc1-n1c2ccccc2c2ccccc21. The van der Waals surface area contributed by atoms with Crippen LogP contribution in [-0.4, -0.2) is 19.1 Å². The molecule has 64 heavy (non-hydrogen) atoms. The molecular formula is C59H37N5. The van der Waals surface area contributed by atoms with Gasteiger partial charge in [-0.1, -0.05) is 170 Å². The quantitative estimate of drug-likeness (QED) is 0.161. The molecule has 0 N–H and O–H groups in total. The summed E-state index contributed by atoms with van der Waals surface area (Å²) in [6.07, 6.45) is 0. The van der Waals surface area contributed by atoms with Gasteiger partial charge in [-0.2, -0.15) is 5.26 Å². The molecule has 0 saturated carbocycles. The maximum atomic E-state index is 10.1. The number of fused-ring (bicyclic) bond motifs is 6. The molecule has 9 aromatic carbocycles. The number of benzene rings is 9. The highest BCUT2D eigenvalue weighted by Gasteiger charge is 2.22. The van der Waals surface area contributed by atoms with Gasteiger partial charge in [-0.05, 0) is 65.7 Å². The summed E-state index contributed by atoms with van der Waals surface area (Å²) in [5.41, 5.74) is 15.9. The molecule has 12 rings (SSSR count). The van der Waals surface area contributed by atoms with E-state index in [2.05, 4.69) is 179 Å². The van der Waals surface area contributed by atoms with Crippen LogP contribution in [0.4, 0.5) is 0 Å². The fourth-order valence-electron chi connectivity index (χ4n) is 9.48. The third-order valence-electron chi connectivity index (χ3n) is 12.4. The Balaban J connectivity index is 1.16. The van der Waals surface area contributed by atoms with Gasteiger partial charge in [0, 0.05) is 49.4 Å². The molecule has 298 valence electrons. The molecule has 0 spiro atoms.